The van der Waals surface area contributed by atoms with Crippen LogP contribution >= 0.6 is 22.9 Å². The molecule has 0 radical (unpaired) electrons. The van der Waals surface area contributed by atoms with Crippen LogP contribution in [0.4, 0.5) is 5.69 Å². The number of primary amides is 1. The summed E-state index contributed by atoms with van der Waals surface area (Å²) >= 11 is 8.04. The van der Waals surface area contributed by atoms with Crippen LogP contribution in [0.1, 0.15) is 158 Å². The van der Waals surface area contributed by atoms with E-state index in [1.54, 1.807) is 29.7 Å². The minimum absolute atomic E-state index is 0.0111. The van der Waals surface area contributed by atoms with Crippen molar-refractivity contribution in [2.45, 2.75) is 124 Å². The van der Waals surface area contributed by atoms with E-state index in [4.69, 9.17) is 27.3 Å². The Kier molecular flexibility index (Phi) is 15.6. The Morgan fingerprint density at radius 1 is 0.841 bits per heavy atom. The molecule has 3 aromatic heterocycles. The van der Waals surface area contributed by atoms with Crippen molar-refractivity contribution in [1.82, 2.24) is 39.8 Å². The van der Waals surface area contributed by atoms with Crippen molar-refractivity contribution in [3.8, 4) is 5.00 Å². The molecule has 3 amide bonds. The van der Waals surface area contributed by atoms with Gasteiger partial charge in [0.05, 0.1) is 17.7 Å². The molecular formula is C65H76ClN11O4S. The molecule has 2 saturated heterocycles. The van der Waals surface area contributed by atoms with Gasteiger partial charge in [0.15, 0.2) is 11.6 Å². The number of aliphatic imine (C=N–C) groups is 1. The van der Waals surface area contributed by atoms with Crippen LogP contribution in [-0.2, 0) is 17.8 Å². The highest BCUT2D eigenvalue weighted by atomic mass is 35.5. The summed E-state index contributed by atoms with van der Waals surface area (Å²) in [5.74, 6) is 3.36. The van der Waals surface area contributed by atoms with Crippen molar-refractivity contribution in [3.05, 3.63) is 156 Å². The minimum Gasteiger partial charge on any atom is -0.382 e. The molecule has 4 atom stereocenters. The molecule has 3 aliphatic heterocycles. The van der Waals surface area contributed by atoms with E-state index in [1.807, 2.05) is 74.2 Å². The number of rotatable bonds is 17. The van der Waals surface area contributed by atoms with Gasteiger partial charge >= 0.3 is 0 Å². The second-order valence-corrected chi connectivity index (χ2v) is 26.4. The summed E-state index contributed by atoms with van der Waals surface area (Å²) in [6.45, 7) is 19.6. The summed E-state index contributed by atoms with van der Waals surface area (Å²) in [6, 6.07) is 23.2. The summed E-state index contributed by atoms with van der Waals surface area (Å²) in [4.78, 5) is 72.3. The summed E-state index contributed by atoms with van der Waals surface area (Å²) in [5, 5.41) is 17.5. The Hall–Kier alpha value is -6.59. The largest absolute Gasteiger partial charge is 0.382 e. The zero-order valence-electron chi connectivity index (χ0n) is 48.1. The van der Waals surface area contributed by atoms with E-state index < -0.39 is 11.9 Å². The molecule has 12 rings (SSSR count). The number of nitrogens with one attached hydrogen (secondary N) is 2. The standard InChI is InChI=1S/C65H76ClN11O4S/c1-7-38(3)69-54-29-52(37(2)26-53(54)61(67)80)63(81)70-51-27-47-31-65(32-48(28-51)58(47)65)33-50-17-14-46(34-68-50)60(79)45-10-8-42(9-11-45)35-74-22-24-75(25-23-74)36-43-18-20-76(21-19-43)56(78)30-55-62-73-72-41(6)77(62)64-57(39(4)40(5)82-64)59(71-55)44-12-15-49(66)16-13-44/h8-17,26,29,34,38,43,47-48,51,55,58,69H,7,18-25,27-28,30-33,35-36H2,1-6H3,(H2,67,80)(H,70,81)/t38-,47+,48+,51?,55+,58?,65?/m1/s1. The van der Waals surface area contributed by atoms with Gasteiger partial charge in [-0.25, -0.2) is 0 Å². The number of nitrogens with two attached hydrogens (primary N) is 1. The van der Waals surface area contributed by atoms with Gasteiger partial charge < -0.3 is 26.2 Å². The van der Waals surface area contributed by atoms with Crippen LogP contribution in [0, 0.1) is 56.8 Å². The average Bonchev–Trinajstić information content (AvgIpc) is 3.29. The van der Waals surface area contributed by atoms with E-state index in [-0.39, 0.29) is 41.5 Å². The van der Waals surface area contributed by atoms with E-state index in [9.17, 15) is 19.2 Å². The Balaban J connectivity index is 0.577. The zero-order chi connectivity index (χ0) is 57.1. The SMILES string of the molecule is CC[C@@H](C)Nc1cc(C(=O)NC2C[C@H]3CC4(Cc5ccc(C(=O)c6ccc(CN7CCN(CC8CCN(C(=O)C[C@@H]9N=C(c%10ccc(Cl)cc%10)c%10c(sc(C)c%10C)-n%10c(C)nnc%109)CC8)CC7)cc6)cn5)C[C@H](C2)C34)c(C)cc1C(N)=O. The highest BCUT2D eigenvalue weighted by molar-refractivity contribution is 7.15. The van der Waals surface area contributed by atoms with Crippen molar-refractivity contribution >= 4 is 57.8 Å². The first-order valence-corrected chi connectivity index (χ1v) is 30.9. The number of anilines is 1. The first-order valence-electron chi connectivity index (χ1n) is 29.7. The predicted octanol–water partition coefficient (Wildman–Crippen LogP) is 10.3. The fourth-order valence-corrected chi connectivity index (χ4v) is 16.1. The van der Waals surface area contributed by atoms with Gasteiger partial charge in [-0.2, -0.15) is 0 Å². The van der Waals surface area contributed by atoms with Gasteiger partial charge in [-0.3, -0.25) is 38.6 Å². The zero-order valence-corrected chi connectivity index (χ0v) is 49.7. The lowest BCUT2D eigenvalue weighted by Crippen LogP contribution is -2.66. The van der Waals surface area contributed by atoms with Gasteiger partial charge in [0, 0.05) is 120 Å². The number of piperazine rings is 1. The molecule has 17 heteroatoms. The van der Waals surface area contributed by atoms with Crippen LogP contribution in [0.3, 0.4) is 0 Å². The van der Waals surface area contributed by atoms with Gasteiger partial charge in [0.25, 0.3) is 11.8 Å². The van der Waals surface area contributed by atoms with Crippen molar-refractivity contribution in [1.29, 1.82) is 0 Å². The number of thiophene rings is 1. The van der Waals surface area contributed by atoms with E-state index >= 15 is 0 Å². The molecule has 0 bridgehead atoms. The molecule has 3 saturated carbocycles. The van der Waals surface area contributed by atoms with Crippen LogP contribution in [-0.4, -0.2) is 122 Å². The Morgan fingerprint density at radius 3 is 2.21 bits per heavy atom. The number of piperidine rings is 1. The number of aryl methyl sites for hydroxylation is 3. The number of carbonyl (C=O) groups excluding carboxylic acids is 4. The quantitative estimate of drug-likeness (QED) is 0.0743. The van der Waals surface area contributed by atoms with Crippen LogP contribution in [0.2, 0.25) is 5.02 Å². The molecule has 3 aliphatic carbocycles. The van der Waals surface area contributed by atoms with Gasteiger partial charge in [-0.15, -0.1) is 21.5 Å². The Bertz CT molecular complexity index is 3430. The first kappa shape index (κ1) is 55.9. The fourth-order valence-electron chi connectivity index (χ4n) is 14.8. The molecule has 5 fully saturated rings. The number of hydrogen-bond acceptors (Lipinski definition) is 12. The molecule has 3 aromatic carbocycles. The normalized spacial score (nSPS) is 23.7. The number of halogens is 1. The summed E-state index contributed by atoms with van der Waals surface area (Å²) < 4.78 is 2.11. The number of aromatic nitrogens is 4. The highest BCUT2D eigenvalue weighted by Crippen LogP contribution is 2.72. The maximum Gasteiger partial charge on any atom is 0.251 e. The van der Waals surface area contributed by atoms with Crippen molar-refractivity contribution < 1.29 is 19.2 Å². The summed E-state index contributed by atoms with van der Waals surface area (Å²) in [6.07, 6.45) is 10.00. The molecule has 6 aromatic rings. The molecule has 15 nitrogen and oxygen atoms in total. The van der Waals surface area contributed by atoms with Crippen molar-refractivity contribution in [2.24, 2.45) is 39.8 Å². The third kappa shape index (κ3) is 11.0. The van der Waals surface area contributed by atoms with Crippen molar-refractivity contribution in [3.63, 3.8) is 0 Å². The lowest BCUT2D eigenvalue weighted by atomic mass is 9.34. The number of amides is 3. The molecule has 0 unspecified atom stereocenters. The number of likely N-dealkylation sites (tertiary alicyclic amines) is 1. The van der Waals surface area contributed by atoms with E-state index in [2.05, 4.69) is 68.1 Å². The minimum atomic E-state index is -0.509. The van der Waals surface area contributed by atoms with Gasteiger partial charge in [-0.1, -0.05) is 54.9 Å². The lowest BCUT2D eigenvalue weighted by Gasteiger charge is -2.71. The highest BCUT2D eigenvalue weighted by Gasteiger charge is 2.66. The summed E-state index contributed by atoms with van der Waals surface area (Å²) in [7, 11) is 0. The van der Waals surface area contributed by atoms with Crippen LogP contribution in [0.5, 0.6) is 0 Å². The molecule has 4 N–H and O–H groups in total. The van der Waals surface area contributed by atoms with Gasteiger partial charge in [0.2, 0.25) is 5.91 Å². The second-order valence-electron chi connectivity index (χ2n) is 24.7. The number of fused-ring (bicyclic) bond motifs is 3. The number of carbonyl (C=O) groups is 4. The number of hydrogen-bond donors (Lipinski definition) is 3. The molecule has 6 aliphatic rings. The van der Waals surface area contributed by atoms with Crippen LogP contribution in [0.25, 0.3) is 5.00 Å². The molecule has 0 spiro atoms. The predicted molar refractivity (Wildman–Crippen MR) is 322 cm³/mol. The molecule has 82 heavy (non-hydrogen) atoms. The summed E-state index contributed by atoms with van der Waals surface area (Å²) in [5.41, 5.74) is 15.9. The number of benzene rings is 3. The van der Waals surface area contributed by atoms with E-state index in [0.717, 1.165) is 143 Å². The molecular weight excluding hydrogens is 1070 g/mol. The van der Waals surface area contributed by atoms with Gasteiger partial charge in [-0.05, 0) is 168 Å². The van der Waals surface area contributed by atoms with Crippen LogP contribution in [0.15, 0.2) is 84.0 Å². The third-order valence-corrected chi connectivity index (χ3v) is 20.8. The average molecular weight is 1140 g/mol. The second kappa shape index (κ2) is 22.9. The van der Waals surface area contributed by atoms with Crippen molar-refractivity contribution in [2.75, 3.05) is 51.1 Å². The fraction of sp³-hybridized carbons (Fsp3) is 0.477. The lowest BCUT2D eigenvalue weighted by molar-refractivity contribution is -0.212. The number of nitrogens with zero attached hydrogens (tertiary/aromatic N) is 8. The molecule has 428 valence electrons. The molecule has 6 heterocycles. The monoisotopic (exact) mass is 1140 g/mol. The van der Waals surface area contributed by atoms with E-state index in [1.165, 1.54) is 16.0 Å². The maximum absolute atomic E-state index is 14.1. The van der Waals surface area contributed by atoms with Crippen LogP contribution < -0.4 is 16.4 Å². The smallest absolute Gasteiger partial charge is 0.251 e. The topological polar surface area (TPSA) is 184 Å². The number of ketones is 1. The van der Waals surface area contributed by atoms with Gasteiger partial charge in [0.1, 0.15) is 16.9 Å². The Morgan fingerprint density at radius 2 is 1.54 bits per heavy atom. The first-order chi connectivity index (χ1) is 39.5. The maximum atomic E-state index is 14.1. The third-order valence-electron chi connectivity index (χ3n) is 19.4. The van der Waals surface area contributed by atoms with E-state index in [0.29, 0.717) is 62.5 Å². The Labute approximate surface area is 490 Å². The number of pyridine rings is 1.